The Morgan fingerprint density at radius 2 is 2.17 bits per heavy atom. The van der Waals surface area contributed by atoms with Crippen molar-refractivity contribution in [1.29, 1.82) is 0 Å². The maximum atomic E-state index is 12.2. The van der Waals surface area contributed by atoms with E-state index in [0.717, 1.165) is 0 Å². The Balaban J connectivity index is 2.29. The van der Waals surface area contributed by atoms with Gasteiger partial charge in [0.25, 0.3) is 0 Å². The molecular weight excluding hydrogens is 228 g/mol. The van der Waals surface area contributed by atoms with Crippen molar-refractivity contribution in [2.24, 2.45) is 7.05 Å². The lowest BCUT2D eigenvalue weighted by Gasteiger charge is -2.10. The van der Waals surface area contributed by atoms with Crippen LogP contribution < -0.4 is 4.74 Å². The van der Waals surface area contributed by atoms with Crippen LogP contribution in [-0.2, 0) is 7.05 Å². The lowest BCUT2D eigenvalue weighted by atomic mass is 10.1. The van der Waals surface area contributed by atoms with E-state index in [-0.39, 0.29) is 11.9 Å². The summed E-state index contributed by atoms with van der Waals surface area (Å²) in [5, 5.41) is 0. The fourth-order valence-electron chi connectivity index (χ4n) is 1.71. The van der Waals surface area contributed by atoms with Crippen LogP contribution in [0.25, 0.3) is 0 Å². The zero-order valence-electron chi connectivity index (χ0n) is 10.8. The predicted molar refractivity (Wildman–Crippen MR) is 68.8 cm³/mol. The molecule has 0 atom stereocenters. The normalized spacial score (nSPS) is 10.7. The van der Waals surface area contributed by atoms with Gasteiger partial charge in [-0.1, -0.05) is 12.1 Å². The Morgan fingerprint density at radius 3 is 2.78 bits per heavy atom. The Labute approximate surface area is 106 Å². The number of aryl methyl sites for hydroxylation is 1. The monoisotopic (exact) mass is 244 g/mol. The molecule has 0 aliphatic rings. The molecule has 0 saturated carbocycles. The summed E-state index contributed by atoms with van der Waals surface area (Å²) in [6.07, 6.45) is 3.27. The van der Waals surface area contributed by atoms with Gasteiger partial charge in [-0.15, -0.1) is 0 Å². The number of nitrogens with zero attached hydrogens (tertiary/aromatic N) is 2. The molecule has 1 heterocycles. The lowest BCUT2D eigenvalue weighted by Crippen LogP contribution is -2.09. The predicted octanol–water partition coefficient (Wildman–Crippen LogP) is 2.44. The van der Waals surface area contributed by atoms with Gasteiger partial charge < -0.3 is 9.30 Å². The van der Waals surface area contributed by atoms with Crippen molar-refractivity contribution in [2.45, 2.75) is 20.0 Å². The maximum Gasteiger partial charge on any atom is 0.211 e. The van der Waals surface area contributed by atoms with E-state index in [2.05, 4.69) is 4.98 Å². The topological polar surface area (TPSA) is 44.1 Å². The number of hydrogen-bond acceptors (Lipinski definition) is 3. The maximum absolute atomic E-state index is 12.2. The Hall–Kier alpha value is -2.10. The molecular formula is C14H16N2O2. The summed E-state index contributed by atoms with van der Waals surface area (Å²) in [7, 11) is 1.80. The van der Waals surface area contributed by atoms with Crippen LogP contribution >= 0.6 is 0 Å². The highest BCUT2D eigenvalue weighted by molar-refractivity contribution is 6.07. The molecule has 0 aliphatic heterocycles. The van der Waals surface area contributed by atoms with Gasteiger partial charge in [-0.2, -0.15) is 0 Å². The summed E-state index contributed by atoms with van der Waals surface area (Å²) in [5.74, 6) is 0.655. The van der Waals surface area contributed by atoms with Gasteiger partial charge in [0.05, 0.1) is 18.6 Å². The molecule has 18 heavy (non-hydrogen) atoms. The minimum atomic E-state index is -0.0517. The van der Waals surface area contributed by atoms with Crippen molar-refractivity contribution in [3.63, 3.8) is 0 Å². The zero-order chi connectivity index (χ0) is 13.1. The first-order valence-electron chi connectivity index (χ1n) is 5.85. The van der Waals surface area contributed by atoms with Crippen LogP contribution in [0.3, 0.4) is 0 Å². The van der Waals surface area contributed by atoms with E-state index in [9.17, 15) is 4.79 Å². The van der Waals surface area contributed by atoms with E-state index in [4.69, 9.17) is 4.74 Å². The van der Waals surface area contributed by atoms with Crippen molar-refractivity contribution in [3.05, 3.63) is 48.0 Å². The minimum Gasteiger partial charge on any atom is -0.491 e. The number of ketones is 1. The molecule has 0 fully saturated rings. The van der Waals surface area contributed by atoms with Gasteiger partial charge in [0, 0.05) is 12.6 Å². The molecule has 2 rings (SSSR count). The van der Waals surface area contributed by atoms with E-state index >= 15 is 0 Å². The molecule has 0 unspecified atom stereocenters. The number of rotatable bonds is 4. The molecule has 2 aromatic rings. The van der Waals surface area contributed by atoms with Gasteiger partial charge >= 0.3 is 0 Å². The van der Waals surface area contributed by atoms with E-state index in [1.54, 1.807) is 36.3 Å². The number of carbonyl (C=O) groups excluding carboxylic acids is 1. The summed E-state index contributed by atoms with van der Waals surface area (Å²) in [4.78, 5) is 16.2. The average molecular weight is 244 g/mol. The standard InChI is InChI=1S/C14H16N2O2/c1-10(2)18-12-6-4-5-11(7-12)14(17)13-8-15-9-16(13)3/h4-10H,1-3H3. The van der Waals surface area contributed by atoms with Crippen LogP contribution in [0.1, 0.15) is 29.9 Å². The van der Waals surface area contributed by atoms with Crippen LogP contribution in [0.5, 0.6) is 5.75 Å². The third kappa shape index (κ3) is 2.59. The van der Waals surface area contributed by atoms with Crippen LogP contribution in [-0.4, -0.2) is 21.4 Å². The van der Waals surface area contributed by atoms with Crippen molar-refractivity contribution >= 4 is 5.78 Å². The first kappa shape index (κ1) is 12.4. The molecule has 0 saturated heterocycles. The molecule has 4 nitrogen and oxygen atoms in total. The minimum absolute atomic E-state index is 0.0517. The third-order valence-corrected chi connectivity index (χ3v) is 2.52. The fraction of sp³-hybridized carbons (Fsp3) is 0.286. The first-order chi connectivity index (χ1) is 8.58. The Morgan fingerprint density at radius 1 is 1.39 bits per heavy atom. The van der Waals surface area contributed by atoms with Crippen molar-refractivity contribution < 1.29 is 9.53 Å². The summed E-state index contributed by atoms with van der Waals surface area (Å²) in [6.45, 7) is 3.91. The van der Waals surface area contributed by atoms with Gasteiger partial charge in [-0.25, -0.2) is 4.98 Å². The van der Waals surface area contributed by atoms with Gasteiger partial charge in [-0.05, 0) is 26.0 Å². The number of ether oxygens (including phenoxy) is 1. The number of imidazole rings is 1. The van der Waals surface area contributed by atoms with E-state index in [1.807, 2.05) is 26.0 Å². The van der Waals surface area contributed by atoms with Gasteiger partial charge in [0.15, 0.2) is 0 Å². The molecule has 0 aliphatic carbocycles. The second-order valence-electron chi connectivity index (χ2n) is 4.41. The number of hydrogen-bond donors (Lipinski definition) is 0. The number of carbonyl (C=O) groups is 1. The van der Waals surface area contributed by atoms with Gasteiger partial charge in [0.2, 0.25) is 5.78 Å². The summed E-state index contributed by atoms with van der Waals surface area (Å²) >= 11 is 0. The molecule has 0 radical (unpaired) electrons. The molecule has 0 bridgehead atoms. The SMILES string of the molecule is CC(C)Oc1cccc(C(=O)c2cncn2C)c1. The Kier molecular flexibility index (Phi) is 3.46. The van der Waals surface area contributed by atoms with Crippen LogP contribution in [0.4, 0.5) is 0 Å². The second-order valence-corrected chi connectivity index (χ2v) is 4.41. The van der Waals surface area contributed by atoms with Crippen molar-refractivity contribution in [2.75, 3.05) is 0 Å². The summed E-state index contributed by atoms with van der Waals surface area (Å²) in [5.41, 5.74) is 1.17. The summed E-state index contributed by atoms with van der Waals surface area (Å²) < 4.78 is 7.28. The van der Waals surface area contributed by atoms with Crippen LogP contribution in [0.2, 0.25) is 0 Å². The van der Waals surface area contributed by atoms with Gasteiger partial charge in [0.1, 0.15) is 11.4 Å². The van der Waals surface area contributed by atoms with Crippen molar-refractivity contribution in [1.82, 2.24) is 9.55 Å². The zero-order valence-corrected chi connectivity index (χ0v) is 10.8. The molecule has 94 valence electrons. The highest BCUT2D eigenvalue weighted by atomic mass is 16.5. The van der Waals surface area contributed by atoms with E-state index < -0.39 is 0 Å². The second kappa shape index (κ2) is 5.04. The number of benzene rings is 1. The van der Waals surface area contributed by atoms with E-state index in [1.165, 1.54) is 0 Å². The molecule has 0 N–H and O–H groups in total. The highest BCUT2D eigenvalue weighted by Crippen LogP contribution is 2.17. The van der Waals surface area contributed by atoms with Crippen LogP contribution in [0, 0.1) is 0 Å². The van der Waals surface area contributed by atoms with E-state index in [0.29, 0.717) is 17.0 Å². The van der Waals surface area contributed by atoms with Gasteiger partial charge in [-0.3, -0.25) is 4.79 Å². The third-order valence-electron chi connectivity index (χ3n) is 2.52. The molecule has 0 amide bonds. The average Bonchev–Trinajstić information content (AvgIpc) is 2.74. The molecule has 0 spiro atoms. The Bertz CT molecular complexity index is 558. The first-order valence-corrected chi connectivity index (χ1v) is 5.85. The van der Waals surface area contributed by atoms with Crippen LogP contribution in [0.15, 0.2) is 36.8 Å². The lowest BCUT2D eigenvalue weighted by molar-refractivity contribution is 0.103. The summed E-state index contributed by atoms with van der Waals surface area (Å²) in [6, 6.07) is 7.21. The molecule has 1 aromatic heterocycles. The van der Waals surface area contributed by atoms with Crippen molar-refractivity contribution in [3.8, 4) is 5.75 Å². The fourth-order valence-corrected chi connectivity index (χ4v) is 1.71. The highest BCUT2D eigenvalue weighted by Gasteiger charge is 2.13. The smallest absolute Gasteiger partial charge is 0.211 e. The quantitative estimate of drug-likeness (QED) is 0.776. The molecule has 1 aromatic carbocycles. The number of aromatic nitrogens is 2. The molecule has 4 heteroatoms. The largest absolute Gasteiger partial charge is 0.491 e.